The summed E-state index contributed by atoms with van der Waals surface area (Å²) in [5, 5.41) is 1.04. The minimum atomic E-state index is 0.615. The molecule has 0 amide bonds. The average molecular weight is 284 g/mol. The number of ether oxygens (including phenoxy) is 1. The number of methoxy groups -OCH3 is 1. The van der Waals surface area contributed by atoms with Crippen molar-refractivity contribution in [2.24, 2.45) is 5.73 Å². The zero-order valence-electron chi connectivity index (χ0n) is 9.34. The third-order valence-electron chi connectivity index (χ3n) is 2.54. The lowest BCUT2D eigenvalue weighted by Gasteiger charge is -2.07. The van der Waals surface area contributed by atoms with Gasteiger partial charge in [0.25, 0.3) is 0 Å². The monoisotopic (exact) mass is 283 g/mol. The van der Waals surface area contributed by atoms with Gasteiger partial charge in [-0.1, -0.05) is 0 Å². The molecule has 1 aromatic heterocycles. The summed E-state index contributed by atoms with van der Waals surface area (Å²) in [7, 11) is 1.65. The summed E-state index contributed by atoms with van der Waals surface area (Å²) < 4.78 is 12.0. The number of benzene rings is 1. The SMILES string of the molecule is COc1cc(CCN)c(Br)c2cc(C)oc12. The van der Waals surface area contributed by atoms with E-state index in [9.17, 15) is 0 Å². The summed E-state index contributed by atoms with van der Waals surface area (Å²) in [6.07, 6.45) is 0.817. The summed E-state index contributed by atoms with van der Waals surface area (Å²) in [4.78, 5) is 0. The Morgan fingerprint density at radius 2 is 2.19 bits per heavy atom. The van der Waals surface area contributed by atoms with Gasteiger partial charge in [-0.15, -0.1) is 0 Å². The van der Waals surface area contributed by atoms with E-state index in [0.717, 1.165) is 38.9 Å². The van der Waals surface area contributed by atoms with Gasteiger partial charge in [0.1, 0.15) is 5.76 Å². The molecule has 16 heavy (non-hydrogen) atoms. The molecule has 1 aromatic carbocycles. The van der Waals surface area contributed by atoms with Crippen molar-refractivity contribution < 1.29 is 9.15 Å². The van der Waals surface area contributed by atoms with Crippen LogP contribution in [0.5, 0.6) is 5.75 Å². The van der Waals surface area contributed by atoms with E-state index in [1.54, 1.807) is 7.11 Å². The number of halogens is 1. The highest BCUT2D eigenvalue weighted by atomic mass is 79.9. The van der Waals surface area contributed by atoms with Crippen molar-refractivity contribution in [3.8, 4) is 5.75 Å². The third kappa shape index (κ3) is 1.83. The molecule has 0 spiro atoms. The number of aryl methyl sites for hydroxylation is 1. The molecule has 0 saturated carbocycles. The van der Waals surface area contributed by atoms with Gasteiger partial charge in [-0.05, 0) is 53.5 Å². The molecule has 4 heteroatoms. The number of fused-ring (bicyclic) bond motifs is 1. The van der Waals surface area contributed by atoms with Gasteiger partial charge in [-0.25, -0.2) is 0 Å². The molecule has 2 aromatic rings. The standard InChI is InChI=1S/C12H14BrNO2/c1-7-5-9-11(13)8(3-4-14)6-10(15-2)12(9)16-7/h5-6H,3-4,14H2,1-2H3. The third-order valence-corrected chi connectivity index (χ3v) is 3.47. The number of hydrogen-bond acceptors (Lipinski definition) is 3. The van der Waals surface area contributed by atoms with Gasteiger partial charge in [0, 0.05) is 9.86 Å². The maximum Gasteiger partial charge on any atom is 0.177 e. The molecule has 2 rings (SSSR count). The molecule has 0 saturated heterocycles. The summed E-state index contributed by atoms with van der Waals surface area (Å²) in [5.41, 5.74) is 7.52. The van der Waals surface area contributed by atoms with E-state index in [2.05, 4.69) is 15.9 Å². The fraction of sp³-hybridized carbons (Fsp3) is 0.333. The van der Waals surface area contributed by atoms with E-state index in [0.29, 0.717) is 6.54 Å². The minimum Gasteiger partial charge on any atom is -0.493 e. The summed E-state index contributed by atoms with van der Waals surface area (Å²) in [5.74, 6) is 1.63. The van der Waals surface area contributed by atoms with Crippen molar-refractivity contribution in [3.05, 3.63) is 27.9 Å². The van der Waals surface area contributed by atoms with Gasteiger partial charge < -0.3 is 14.9 Å². The van der Waals surface area contributed by atoms with Crippen molar-refractivity contribution in [1.82, 2.24) is 0 Å². The van der Waals surface area contributed by atoms with Gasteiger partial charge in [-0.3, -0.25) is 0 Å². The van der Waals surface area contributed by atoms with Crippen LogP contribution in [0.1, 0.15) is 11.3 Å². The number of hydrogen-bond donors (Lipinski definition) is 1. The Bertz CT molecular complexity index is 519. The summed E-state index contributed by atoms with van der Waals surface area (Å²) >= 11 is 3.59. The Balaban J connectivity index is 2.71. The van der Waals surface area contributed by atoms with Crippen LogP contribution in [0.15, 0.2) is 21.0 Å². The minimum absolute atomic E-state index is 0.615. The molecule has 0 atom stereocenters. The van der Waals surface area contributed by atoms with E-state index >= 15 is 0 Å². The van der Waals surface area contributed by atoms with Crippen LogP contribution in [-0.2, 0) is 6.42 Å². The molecule has 3 nitrogen and oxygen atoms in total. The summed E-state index contributed by atoms with van der Waals surface area (Å²) in [6.45, 7) is 2.54. The van der Waals surface area contributed by atoms with Crippen LogP contribution in [0.2, 0.25) is 0 Å². The number of furan rings is 1. The Labute approximate surface area is 103 Å². The second-order valence-corrected chi connectivity index (χ2v) is 4.48. The number of rotatable bonds is 3. The van der Waals surface area contributed by atoms with Crippen molar-refractivity contribution in [2.75, 3.05) is 13.7 Å². The lowest BCUT2D eigenvalue weighted by Crippen LogP contribution is -2.03. The highest BCUT2D eigenvalue weighted by molar-refractivity contribution is 9.10. The van der Waals surface area contributed by atoms with E-state index in [1.807, 2.05) is 19.1 Å². The largest absolute Gasteiger partial charge is 0.493 e. The first-order valence-electron chi connectivity index (χ1n) is 5.13. The Morgan fingerprint density at radius 1 is 1.44 bits per heavy atom. The predicted octanol–water partition coefficient (Wildman–Crippen LogP) is 3.01. The van der Waals surface area contributed by atoms with Crippen molar-refractivity contribution >= 4 is 26.9 Å². The molecule has 1 heterocycles. The zero-order chi connectivity index (χ0) is 11.7. The van der Waals surface area contributed by atoms with Crippen LogP contribution in [0.3, 0.4) is 0 Å². The lowest BCUT2D eigenvalue weighted by atomic mass is 10.1. The van der Waals surface area contributed by atoms with E-state index in [4.69, 9.17) is 14.9 Å². The maximum absolute atomic E-state index is 5.62. The molecule has 0 unspecified atom stereocenters. The molecule has 86 valence electrons. The fourth-order valence-electron chi connectivity index (χ4n) is 1.81. The van der Waals surface area contributed by atoms with Crippen LogP contribution in [0.4, 0.5) is 0 Å². The molecule has 2 N–H and O–H groups in total. The normalized spacial score (nSPS) is 11.0. The van der Waals surface area contributed by atoms with Crippen LogP contribution < -0.4 is 10.5 Å². The average Bonchev–Trinajstić information content (AvgIpc) is 2.65. The Kier molecular flexibility index (Phi) is 3.21. The van der Waals surface area contributed by atoms with Crippen LogP contribution in [0.25, 0.3) is 11.0 Å². The predicted molar refractivity (Wildman–Crippen MR) is 68.0 cm³/mol. The maximum atomic E-state index is 5.62. The molecule has 0 aliphatic heterocycles. The topological polar surface area (TPSA) is 48.4 Å². The van der Waals surface area contributed by atoms with Crippen molar-refractivity contribution in [3.63, 3.8) is 0 Å². The molecule has 0 bridgehead atoms. The van der Waals surface area contributed by atoms with Gasteiger partial charge in [0.05, 0.1) is 7.11 Å². The smallest absolute Gasteiger partial charge is 0.177 e. The van der Waals surface area contributed by atoms with Gasteiger partial charge in [0.2, 0.25) is 0 Å². The molecule has 0 radical (unpaired) electrons. The first-order valence-corrected chi connectivity index (χ1v) is 5.92. The Morgan fingerprint density at radius 3 is 2.81 bits per heavy atom. The molecular formula is C12H14BrNO2. The van der Waals surface area contributed by atoms with Crippen LogP contribution in [-0.4, -0.2) is 13.7 Å². The molecule has 0 aliphatic rings. The second kappa shape index (κ2) is 4.47. The van der Waals surface area contributed by atoms with E-state index < -0.39 is 0 Å². The van der Waals surface area contributed by atoms with E-state index in [1.165, 1.54) is 0 Å². The molecular weight excluding hydrogens is 270 g/mol. The Hall–Kier alpha value is -1.00. The van der Waals surface area contributed by atoms with Gasteiger partial charge in [0.15, 0.2) is 11.3 Å². The van der Waals surface area contributed by atoms with Gasteiger partial charge >= 0.3 is 0 Å². The van der Waals surface area contributed by atoms with Crippen LogP contribution in [0, 0.1) is 6.92 Å². The summed E-state index contributed by atoms with van der Waals surface area (Å²) in [6, 6.07) is 3.98. The first kappa shape index (κ1) is 11.5. The quantitative estimate of drug-likeness (QED) is 0.942. The zero-order valence-corrected chi connectivity index (χ0v) is 10.9. The van der Waals surface area contributed by atoms with Gasteiger partial charge in [-0.2, -0.15) is 0 Å². The molecule has 0 fully saturated rings. The fourth-order valence-corrected chi connectivity index (χ4v) is 2.42. The van der Waals surface area contributed by atoms with Crippen LogP contribution >= 0.6 is 15.9 Å². The first-order chi connectivity index (χ1) is 7.67. The number of nitrogens with two attached hydrogens (primary N) is 1. The van der Waals surface area contributed by atoms with Crippen molar-refractivity contribution in [2.45, 2.75) is 13.3 Å². The van der Waals surface area contributed by atoms with Crippen molar-refractivity contribution in [1.29, 1.82) is 0 Å². The highest BCUT2D eigenvalue weighted by Gasteiger charge is 2.14. The van der Waals surface area contributed by atoms with E-state index in [-0.39, 0.29) is 0 Å². The lowest BCUT2D eigenvalue weighted by molar-refractivity contribution is 0.408. The highest BCUT2D eigenvalue weighted by Crippen LogP contribution is 2.37. The second-order valence-electron chi connectivity index (χ2n) is 3.69. The molecule has 0 aliphatic carbocycles.